The fourth-order valence-electron chi connectivity index (χ4n) is 2.65. The molecule has 1 aliphatic heterocycles. The number of morpholine rings is 1. The maximum absolute atomic E-state index is 9.91. The molecule has 8 nitrogen and oxygen atoms in total. The van der Waals surface area contributed by atoms with E-state index in [1.165, 1.54) is 5.56 Å². The monoisotopic (exact) mass is 385 g/mol. The Balaban J connectivity index is 1.77. The number of nitrogens with zero attached hydrogens (tertiary/aromatic N) is 4. The number of aliphatic hydroxyl groups is 1. The first kappa shape index (κ1) is 20.0. The molecule has 0 spiro atoms. The summed E-state index contributed by atoms with van der Waals surface area (Å²) in [5.74, 6) is 1.25. The molecule has 0 atom stereocenters. The molecular weight excluding hydrogens is 358 g/mol. The Bertz CT molecular complexity index is 814. The van der Waals surface area contributed by atoms with Gasteiger partial charge in [-0.1, -0.05) is 29.8 Å². The quantitative estimate of drug-likeness (QED) is 0.558. The van der Waals surface area contributed by atoms with Gasteiger partial charge >= 0.3 is 6.01 Å². The van der Waals surface area contributed by atoms with Crippen molar-refractivity contribution in [3.63, 3.8) is 0 Å². The molecule has 1 aromatic carbocycles. The van der Waals surface area contributed by atoms with Crippen LogP contribution in [-0.4, -0.2) is 59.8 Å². The van der Waals surface area contributed by atoms with E-state index in [0.29, 0.717) is 19.0 Å². The molecule has 2 heterocycles. The first-order valence-corrected chi connectivity index (χ1v) is 9.32. The highest BCUT2D eigenvalue weighted by molar-refractivity contribution is 5.80. The van der Waals surface area contributed by atoms with Crippen molar-refractivity contribution in [3.05, 3.63) is 41.5 Å². The molecule has 1 saturated heterocycles. The van der Waals surface area contributed by atoms with Gasteiger partial charge < -0.3 is 19.5 Å². The number of rotatable bonds is 7. The molecule has 0 unspecified atom stereocenters. The van der Waals surface area contributed by atoms with Crippen molar-refractivity contribution in [2.45, 2.75) is 26.4 Å². The zero-order chi connectivity index (χ0) is 20.0. The molecule has 28 heavy (non-hydrogen) atoms. The Morgan fingerprint density at radius 3 is 2.79 bits per heavy atom. The summed E-state index contributed by atoms with van der Waals surface area (Å²) in [6.45, 7) is 8.26. The standard InChI is InChI=1S/C20H27N5O3/c1-15-5-4-6-16(11-15)13-21-24-17-12-18(25-7-9-27-10-8-25)23-19(22-17)28-14-20(2,3)26/h4-6,11-13,26H,7-10,14H2,1-3H3,(H,22,23,24)/b21-13+. The Morgan fingerprint density at radius 2 is 2.07 bits per heavy atom. The van der Waals surface area contributed by atoms with E-state index in [2.05, 4.69) is 25.4 Å². The van der Waals surface area contributed by atoms with Gasteiger partial charge in [-0.3, -0.25) is 5.43 Å². The first-order valence-electron chi connectivity index (χ1n) is 9.32. The van der Waals surface area contributed by atoms with Crippen molar-refractivity contribution in [1.82, 2.24) is 9.97 Å². The number of hydrazone groups is 1. The van der Waals surface area contributed by atoms with Crippen molar-refractivity contribution in [2.24, 2.45) is 5.10 Å². The van der Waals surface area contributed by atoms with Gasteiger partial charge in [0.15, 0.2) is 5.82 Å². The molecule has 0 amide bonds. The topological polar surface area (TPSA) is 92.1 Å². The number of hydrogen-bond donors (Lipinski definition) is 2. The third-order valence-electron chi connectivity index (χ3n) is 4.02. The predicted octanol–water partition coefficient (Wildman–Crippen LogP) is 2.22. The molecule has 0 bridgehead atoms. The van der Waals surface area contributed by atoms with Crippen LogP contribution in [0.3, 0.4) is 0 Å². The minimum absolute atomic E-state index is 0.0889. The summed E-state index contributed by atoms with van der Waals surface area (Å²) >= 11 is 0. The second kappa shape index (κ2) is 8.99. The highest BCUT2D eigenvalue weighted by Crippen LogP contribution is 2.21. The number of ether oxygens (including phenoxy) is 2. The van der Waals surface area contributed by atoms with Crippen LogP contribution >= 0.6 is 0 Å². The van der Waals surface area contributed by atoms with E-state index in [-0.39, 0.29) is 12.6 Å². The third-order valence-corrected chi connectivity index (χ3v) is 4.02. The molecule has 1 fully saturated rings. The fraction of sp³-hybridized carbons (Fsp3) is 0.450. The maximum atomic E-state index is 9.91. The van der Waals surface area contributed by atoms with E-state index >= 15 is 0 Å². The van der Waals surface area contributed by atoms with Gasteiger partial charge in [0.2, 0.25) is 0 Å². The summed E-state index contributed by atoms with van der Waals surface area (Å²) in [7, 11) is 0. The van der Waals surface area contributed by atoms with E-state index in [0.717, 1.165) is 24.5 Å². The summed E-state index contributed by atoms with van der Waals surface area (Å²) in [5, 5.41) is 14.2. The molecule has 150 valence electrons. The van der Waals surface area contributed by atoms with E-state index in [4.69, 9.17) is 9.47 Å². The molecule has 2 aromatic rings. The molecule has 0 radical (unpaired) electrons. The Kier molecular flexibility index (Phi) is 6.43. The number of nitrogens with one attached hydrogen (secondary N) is 1. The fourth-order valence-corrected chi connectivity index (χ4v) is 2.65. The van der Waals surface area contributed by atoms with E-state index in [1.807, 2.05) is 37.3 Å². The van der Waals surface area contributed by atoms with Gasteiger partial charge in [0, 0.05) is 19.2 Å². The van der Waals surface area contributed by atoms with Crippen LogP contribution in [0.1, 0.15) is 25.0 Å². The zero-order valence-electron chi connectivity index (χ0n) is 16.6. The Morgan fingerprint density at radius 1 is 1.29 bits per heavy atom. The number of benzene rings is 1. The number of hydrogen-bond acceptors (Lipinski definition) is 8. The Labute approximate surface area is 165 Å². The average molecular weight is 385 g/mol. The van der Waals surface area contributed by atoms with E-state index < -0.39 is 5.60 Å². The van der Waals surface area contributed by atoms with Crippen molar-refractivity contribution < 1.29 is 14.6 Å². The molecule has 0 saturated carbocycles. The van der Waals surface area contributed by atoms with Crippen LogP contribution in [0, 0.1) is 6.92 Å². The van der Waals surface area contributed by atoms with Gasteiger partial charge in [-0.25, -0.2) is 0 Å². The lowest BCUT2D eigenvalue weighted by Crippen LogP contribution is -2.37. The normalized spacial score (nSPS) is 15.1. The van der Waals surface area contributed by atoms with E-state index in [9.17, 15) is 5.11 Å². The summed E-state index contributed by atoms with van der Waals surface area (Å²) < 4.78 is 11.0. The third kappa shape index (κ3) is 6.17. The molecule has 8 heteroatoms. The van der Waals surface area contributed by atoms with Crippen molar-refractivity contribution in [1.29, 1.82) is 0 Å². The predicted molar refractivity (Wildman–Crippen MR) is 109 cm³/mol. The lowest BCUT2D eigenvalue weighted by atomic mass is 10.2. The molecule has 3 rings (SSSR count). The summed E-state index contributed by atoms with van der Waals surface area (Å²) in [6, 6.07) is 10.1. The minimum Gasteiger partial charge on any atom is -0.460 e. The van der Waals surface area contributed by atoms with Gasteiger partial charge in [-0.2, -0.15) is 15.1 Å². The van der Waals surface area contributed by atoms with Crippen molar-refractivity contribution >= 4 is 17.9 Å². The van der Waals surface area contributed by atoms with Crippen LogP contribution in [0.2, 0.25) is 0 Å². The summed E-state index contributed by atoms with van der Waals surface area (Å²) in [4.78, 5) is 10.9. The van der Waals surface area contributed by atoms with Crippen LogP contribution in [-0.2, 0) is 4.74 Å². The van der Waals surface area contributed by atoms with Crippen molar-refractivity contribution in [2.75, 3.05) is 43.2 Å². The number of aromatic nitrogens is 2. The number of anilines is 2. The molecule has 0 aliphatic carbocycles. The van der Waals surface area contributed by atoms with Crippen LogP contribution in [0.15, 0.2) is 35.4 Å². The lowest BCUT2D eigenvalue weighted by molar-refractivity contribution is 0.0250. The lowest BCUT2D eigenvalue weighted by Gasteiger charge is -2.28. The van der Waals surface area contributed by atoms with Gasteiger partial charge in [-0.05, 0) is 26.3 Å². The molecule has 1 aromatic heterocycles. The van der Waals surface area contributed by atoms with E-state index in [1.54, 1.807) is 20.1 Å². The van der Waals surface area contributed by atoms with Gasteiger partial charge in [0.05, 0.1) is 25.0 Å². The van der Waals surface area contributed by atoms with Gasteiger partial charge in [-0.15, -0.1) is 0 Å². The maximum Gasteiger partial charge on any atom is 0.320 e. The average Bonchev–Trinajstić information content (AvgIpc) is 2.67. The van der Waals surface area contributed by atoms with Crippen LogP contribution in [0.25, 0.3) is 0 Å². The van der Waals surface area contributed by atoms with Crippen LogP contribution in [0.5, 0.6) is 6.01 Å². The number of aryl methyl sites for hydroxylation is 1. The Hall–Kier alpha value is -2.71. The minimum atomic E-state index is -0.977. The second-order valence-electron chi connectivity index (χ2n) is 7.38. The molecule has 1 aliphatic rings. The highest BCUT2D eigenvalue weighted by Gasteiger charge is 2.18. The summed E-state index contributed by atoms with van der Waals surface area (Å²) in [5.41, 5.74) is 4.13. The van der Waals surface area contributed by atoms with Crippen LogP contribution in [0.4, 0.5) is 11.6 Å². The molecule has 2 N–H and O–H groups in total. The molecular formula is C20H27N5O3. The SMILES string of the molecule is Cc1cccc(/C=N/Nc2cc(N3CCOCC3)nc(OCC(C)(C)O)n2)c1. The smallest absolute Gasteiger partial charge is 0.320 e. The summed E-state index contributed by atoms with van der Waals surface area (Å²) in [6.07, 6.45) is 1.74. The van der Waals surface area contributed by atoms with Gasteiger partial charge in [0.25, 0.3) is 0 Å². The first-order chi connectivity index (χ1) is 13.4. The second-order valence-corrected chi connectivity index (χ2v) is 7.38. The largest absolute Gasteiger partial charge is 0.460 e. The van der Waals surface area contributed by atoms with Gasteiger partial charge in [0.1, 0.15) is 12.4 Å². The van der Waals surface area contributed by atoms with Crippen LogP contribution < -0.4 is 15.1 Å². The van der Waals surface area contributed by atoms with Crippen molar-refractivity contribution in [3.8, 4) is 6.01 Å². The highest BCUT2D eigenvalue weighted by atomic mass is 16.5. The zero-order valence-corrected chi connectivity index (χ0v) is 16.6.